The van der Waals surface area contributed by atoms with Crippen molar-refractivity contribution < 1.29 is 9.22 Å². The Bertz CT molecular complexity index is 115. The first-order chi connectivity index (χ1) is 5.56. The molecule has 0 atom stereocenters. The monoisotopic (exact) mass is 171 g/mol. The summed E-state index contributed by atoms with van der Waals surface area (Å²) in [6.45, 7) is 6.15. The van der Waals surface area contributed by atoms with Gasteiger partial charge < -0.3 is 9.22 Å². The van der Waals surface area contributed by atoms with Gasteiger partial charge in [-0.1, -0.05) is 6.08 Å². The van der Waals surface area contributed by atoms with Crippen molar-refractivity contribution in [2.24, 2.45) is 0 Å². The summed E-state index contributed by atoms with van der Waals surface area (Å²) in [5.41, 5.74) is 0. The van der Waals surface area contributed by atoms with Gasteiger partial charge >= 0.3 is 0 Å². The number of unbranched alkanes of at least 4 members (excludes halogenated alkanes) is 1. The molecule has 0 N–H and O–H groups in total. The fourth-order valence-corrected chi connectivity index (χ4v) is 0.812. The Morgan fingerprint density at radius 3 is 2.50 bits per heavy atom. The van der Waals surface area contributed by atoms with E-state index in [2.05, 4.69) is 34.1 Å². The standard InChI is InChI=1S/C10H21NO/c1-5-9-12-10-7-6-8-11(2,3)4/h5-6H,1,7-10H2,2-4H3/q+1. The van der Waals surface area contributed by atoms with Crippen LogP contribution in [0.15, 0.2) is 12.7 Å². The molecule has 0 amide bonds. The Labute approximate surface area is 76.4 Å². The SMILES string of the molecule is C=CCOCC[CH]C[N+](C)(C)C. The van der Waals surface area contributed by atoms with Gasteiger partial charge in [-0.05, 0) is 6.42 Å². The highest BCUT2D eigenvalue weighted by molar-refractivity contribution is 4.66. The predicted molar refractivity (Wildman–Crippen MR) is 52.8 cm³/mol. The van der Waals surface area contributed by atoms with Crippen LogP contribution in [0.5, 0.6) is 0 Å². The zero-order valence-corrected chi connectivity index (χ0v) is 8.55. The summed E-state index contributed by atoms with van der Waals surface area (Å²) in [4.78, 5) is 0. The van der Waals surface area contributed by atoms with Crippen molar-refractivity contribution in [1.29, 1.82) is 0 Å². The molecule has 0 heterocycles. The van der Waals surface area contributed by atoms with Crippen LogP contribution in [0.3, 0.4) is 0 Å². The van der Waals surface area contributed by atoms with Crippen LogP contribution in [0.4, 0.5) is 0 Å². The average Bonchev–Trinajstić information content (AvgIpc) is 1.94. The summed E-state index contributed by atoms with van der Waals surface area (Å²) in [5, 5.41) is 0. The molecule has 0 aliphatic rings. The summed E-state index contributed by atoms with van der Waals surface area (Å²) < 4.78 is 6.23. The zero-order chi connectivity index (χ0) is 9.45. The van der Waals surface area contributed by atoms with E-state index in [1.54, 1.807) is 6.08 Å². The Balaban J connectivity index is 3.06. The number of rotatable bonds is 7. The normalized spacial score (nSPS) is 11.6. The molecule has 12 heavy (non-hydrogen) atoms. The van der Waals surface area contributed by atoms with Crippen molar-refractivity contribution in [1.82, 2.24) is 0 Å². The van der Waals surface area contributed by atoms with Gasteiger partial charge in [-0.3, -0.25) is 0 Å². The van der Waals surface area contributed by atoms with Gasteiger partial charge in [-0.25, -0.2) is 0 Å². The van der Waals surface area contributed by atoms with Gasteiger partial charge in [0.25, 0.3) is 0 Å². The molecule has 0 spiro atoms. The second-order valence-electron chi connectivity index (χ2n) is 3.91. The van der Waals surface area contributed by atoms with Gasteiger partial charge in [0.2, 0.25) is 0 Å². The van der Waals surface area contributed by atoms with Crippen LogP contribution in [0.1, 0.15) is 6.42 Å². The Hall–Kier alpha value is -0.340. The minimum atomic E-state index is 0.665. The fourth-order valence-electron chi connectivity index (χ4n) is 0.812. The maximum atomic E-state index is 5.24. The highest BCUT2D eigenvalue weighted by Crippen LogP contribution is 1.96. The minimum Gasteiger partial charge on any atom is -0.377 e. The van der Waals surface area contributed by atoms with Crippen LogP contribution < -0.4 is 0 Å². The van der Waals surface area contributed by atoms with Gasteiger partial charge in [0.1, 0.15) is 0 Å². The van der Waals surface area contributed by atoms with E-state index in [1.165, 1.54) is 0 Å². The van der Waals surface area contributed by atoms with E-state index >= 15 is 0 Å². The third kappa shape index (κ3) is 9.66. The van der Waals surface area contributed by atoms with Crippen molar-refractivity contribution >= 4 is 0 Å². The number of hydrogen-bond donors (Lipinski definition) is 0. The van der Waals surface area contributed by atoms with Crippen LogP contribution in [0.2, 0.25) is 0 Å². The second-order valence-corrected chi connectivity index (χ2v) is 3.91. The molecule has 2 heteroatoms. The van der Waals surface area contributed by atoms with Crippen LogP contribution in [0, 0.1) is 6.42 Å². The number of ether oxygens (including phenoxy) is 1. The number of hydrogen-bond acceptors (Lipinski definition) is 1. The molecule has 0 saturated carbocycles. The molecular formula is C10H21NO+. The van der Waals surface area contributed by atoms with Crippen molar-refractivity contribution in [3.63, 3.8) is 0 Å². The summed E-state index contributed by atoms with van der Waals surface area (Å²) in [6, 6.07) is 0. The van der Waals surface area contributed by atoms with Crippen molar-refractivity contribution in [2.75, 3.05) is 40.9 Å². The lowest BCUT2D eigenvalue weighted by Gasteiger charge is -2.23. The predicted octanol–water partition coefficient (Wildman–Crippen LogP) is 1.49. The minimum absolute atomic E-state index is 0.665. The summed E-state index contributed by atoms with van der Waals surface area (Å²) in [7, 11) is 6.54. The third-order valence-electron chi connectivity index (χ3n) is 1.38. The average molecular weight is 171 g/mol. The molecule has 0 saturated heterocycles. The Morgan fingerprint density at radius 1 is 1.33 bits per heavy atom. The fraction of sp³-hybridized carbons (Fsp3) is 0.700. The van der Waals surface area contributed by atoms with Crippen molar-refractivity contribution in [2.45, 2.75) is 6.42 Å². The van der Waals surface area contributed by atoms with Gasteiger partial charge in [0.05, 0.1) is 34.3 Å². The van der Waals surface area contributed by atoms with Gasteiger partial charge in [-0.15, -0.1) is 6.58 Å². The van der Waals surface area contributed by atoms with Crippen molar-refractivity contribution in [3.8, 4) is 0 Å². The van der Waals surface area contributed by atoms with E-state index in [1.807, 2.05) is 0 Å². The van der Waals surface area contributed by atoms with E-state index < -0.39 is 0 Å². The number of nitrogens with zero attached hydrogens (tertiary/aromatic N) is 1. The Morgan fingerprint density at radius 2 is 2.00 bits per heavy atom. The van der Waals surface area contributed by atoms with E-state index in [9.17, 15) is 0 Å². The highest BCUT2D eigenvalue weighted by atomic mass is 16.5. The zero-order valence-electron chi connectivity index (χ0n) is 8.55. The maximum absolute atomic E-state index is 5.24. The Kier molecular flexibility index (Phi) is 6.03. The first-order valence-corrected chi connectivity index (χ1v) is 4.37. The first-order valence-electron chi connectivity index (χ1n) is 4.37. The van der Waals surface area contributed by atoms with E-state index in [-0.39, 0.29) is 0 Å². The highest BCUT2D eigenvalue weighted by Gasteiger charge is 2.04. The molecule has 0 bridgehead atoms. The second kappa shape index (κ2) is 6.21. The largest absolute Gasteiger partial charge is 0.377 e. The summed E-state index contributed by atoms with van der Waals surface area (Å²) in [6.07, 6.45) is 5.08. The molecule has 0 aromatic rings. The molecule has 0 rings (SSSR count). The van der Waals surface area contributed by atoms with Crippen LogP contribution in [-0.4, -0.2) is 45.4 Å². The third-order valence-corrected chi connectivity index (χ3v) is 1.38. The topological polar surface area (TPSA) is 9.23 Å². The molecule has 0 unspecified atom stereocenters. The first kappa shape index (κ1) is 11.7. The van der Waals surface area contributed by atoms with Crippen LogP contribution in [-0.2, 0) is 4.74 Å². The summed E-state index contributed by atoms with van der Waals surface area (Å²) in [5.74, 6) is 0. The molecular weight excluding hydrogens is 150 g/mol. The van der Waals surface area contributed by atoms with Gasteiger partial charge in [0.15, 0.2) is 0 Å². The molecule has 71 valence electrons. The molecule has 0 aliphatic heterocycles. The van der Waals surface area contributed by atoms with E-state index in [0.717, 1.165) is 24.1 Å². The molecule has 0 aliphatic carbocycles. The van der Waals surface area contributed by atoms with E-state index in [0.29, 0.717) is 6.61 Å². The number of quaternary nitrogens is 1. The lowest BCUT2D eigenvalue weighted by Crippen LogP contribution is -2.35. The molecule has 1 radical (unpaired) electrons. The lowest BCUT2D eigenvalue weighted by atomic mass is 10.3. The molecule has 0 aromatic heterocycles. The quantitative estimate of drug-likeness (QED) is 0.320. The molecule has 0 aromatic carbocycles. The summed E-state index contributed by atoms with van der Waals surface area (Å²) >= 11 is 0. The van der Waals surface area contributed by atoms with Crippen LogP contribution >= 0.6 is 0 Å². The van der Waals surface area contributed by atoms with Crippen molar-refractivity contribution in [3.05, 3.63) is 19.1 Å². The molecule has 0 fully saturated rings. The maximum Gasteiger partial charge on any atom is 0.0814 e. The molecule has 2 nitrogen and oxygen atoms in total. The van der Waals surface area contributed by atoms with Gasteiger partial charge in [0, 0.05) is 13.0 Å². The van der Waals surface area contributed by atoms with Gasteiger partial charge in [-0.2, -0.15) is 0 Å². The lowest BCUT2D eigenvalue weighted by molar-refractivity contribution is -0.866. The smallest absolute Gasteiger partial charge is 0.0814 e. The van der Waals surface area contributed by atoms with Crippen LogP contribution in [0.25, 0.3) is 0 Å². The van der Waals surface area contributed by atoms with E-state index in [4.69, 9.17) is 4.74 Å².